The summed E-state index contributed by atoms with van der Waals surface area (Å²) in [5, 5.41) is 0. The van der Waals surface area contributed by atoms with Crippen molar-refractivity contribution < 1.29 is 14.3 Å². The monoisotopic (exact) mass is 260 g/mol. The quantitative estimate of drug-likeness (QED) is 0.767. The minimum atomic E-state index is -0.270. The molecule has 2 heterocycles. The van der Waals surface area contributed by atoms with Gasteiger partial charge in [-0.25, -0.2) is 0 Å². The molecule has 3 nitrogen and oxygen atoms in total. The second-order valence-corrected chi connectivity index (χ2v) is 6.28. The van der Waals surface area contributed by atoms with Gasteiger partial charge in [0.2, 0.25) is 0 Å². The zero-order chi connectivity index (χ0) is 13.6. The molecular weight excluding hydrogens is 240 g/mol. The van der Waals surface area contributed by atoms with E-state index in [2.05, 4.69) is 20.8 Å². The Morgan fingerprint density at radius 3 is 2.84 bits per heavy atom. The maximum absolute atomic E-state index is 12.5. The summed E-state index contributed by atoms with van der Waals surface area (Å²) < 4.78 is 11.4. The number of ketones is 1. The zero-order valence-electron chi connectivity index (χ0n) is 11.7. The minimum absolute atomic E-state index is 0.109. The fraction of sp³-hybridized carbons (Fsp3) is 0.562. The lowest BCUT2D eigenvalue weighted by atomic mass is 9.94. The van der Waals surface area contributed by atoms with E-state index < -0.39 is 0 Å². The molecule has 0 amide bonds. The van der Waals surface area contributed by atoms with E-state index in [-0.39, 0.29) is 17.5 Å². The highest BCUT2D eigenvalue weighted by atomic mass is 16.5. The number of rotatable bonds is 2. The fourth-order valence-corrected chi connectivity index (χ4v) is 2.96. The van der Waals surface area contributed by atoms with Crippen molar-refractivity contribution in [1.82, 2.24) is 0 Å². The molecular formula is C16H20O3. The maximum Gasteiger partial charge on any atom is 0.191 e. The van der Waals surface area contributed by atoms with E-state index >= 15 is 0 Å². The number of Topliss-reactive ketones (excluding diaryl/α,β-unsaturated/α-hetero) is 1. The average molecular weight is 260 g/mol. The molecule has 3 heteroatoms. The normalized spacial score (nSPS) is 27.9. The highest BCUT2D eigenvalue weighted by Crippen LogP contribution is 2.36. The van der Waals surface area contributed by atoms with E-state index in [0.29, 0.717) is 12.5 Å². The first kappa shape index (κ1) is 12.7. The molecule has 1 aromatic carbocycles. The van der Waals surface area contributed by atoms with Crippen LogP contribution in [0.25, 0.3) is 0 Å². The van der Waals surface area contributed by atoms with Crippen LogP contribution < -0.4 is 4.74 Å². The smallest absolute Gasteiger partial charge is 0.191 e. The Kier molecular flexibility index (Phi) is 2.90. The molecule has 0 saturated carbocycles. The molecule has 19 heavy (non-hydrogen) atoms. The number of hydrogen-bond acceptors (Lipinski definition) is 3. The van der Waals surface area contributed by atoms with Gasteiger partial charge in [0.1, 0.15) is 17.5 Å². The minimum Gasteiger partial charge on any atom is -0.487 e. The lowest BCUT2D eigenvalue weighted by Crippen LogP contribution is -2.25. The largest absolute Gasteiger partial charge is 0.487 e. The second kappa shape index (κ2) is 4.34. The number of ether oxygens (including phenoxy) is 2. The summed E-state index contributed by atoms with van der Waals surface area (Å²) >= 11 is 0. The number of hydrogen-bond donors (Lipinski definition) is 0. The van der Waals surface area contributed by atoms with Gasteiger partial charge in [0, 0.05) is 18.6 Å². The molecule has 2 aliphatic heterocycles. The molecule has 0 aromatic heterocycles. The third kappa shape index (κ3) is 2.27. The summed E-state index contributed by atoms with van der Waals surface area (Å²) in [6.07, 6.45) is 1.55. The Labute approximate surface area is 113 Å². The van der Waals surface area contributed by atoms with Crippen LogP contribution in [0.15, 0.2) is 18.2 Å². The zero-order valence-corrected chi connectivity index (χ0v) is 11.7. The van der Waals surface area contributed by atoms with Gasteiger partial charge < -0.3 is 9.47 Å². The van der Waals surface area contributed by atoms with Crippen molar-refractivity contribution in [3.63, 3.8) is 0 Å². The van der Waals surface area contributed by atoms with Gasteiger partial charge in [-0.3, -0.25) is 4.79 Å². The van der Waals surface area contributed by atoms with Crippen molar-refractivity contribution in [2.45, 2.75) is 45.3 Å². The Balaban J connectivity index is 1.86. The molecule has 2 aliphatic rings. The van der Waals surface area contributed by atoms with Crippen LogP contribution in [-0.2, 0) is 11.2 Å². The summed E-state index contributed by atoms with van der Waals surface area (Å²) in [6.45, 7) is 6.90. The summed E-state index contributed by atoms with van der Waals surface area (Å²) in [5.41, 5.74) is 1.71. The molecule has 1 saturated heterocycles. The first-order chi connectivity index (χ1) is 8.96. The molecule has 1 fully saturated rings. The number of carbonyl (C=O) groups is 1. The van der Waals surface area contributed by atoms with Gasteiger partial charge in [0.05, 0.1) is 0 Å². The van der Waals surface area contributed by atoms with Crippen LogP contribution in [0.2, 0.25) is 0 Å². The first-order valence-corrected chi connectivity index (χ1v) is 6.94. The van der Waals surface area contributed by atoms with Crippen molar-refractivity contribution in [2.24, 2.45) is 5.92 Å². The number of fused-ring (bicyclic) bond motifs is 1. The summed E-state index contributed by atoms with van der Waals surface area (Å²) in [5.74, 6) is 1.33. The van der Waals surface area contributed by atoms with E-state index in [9.17, 15) is 4.79 Å². The Morgan fingerprint density at radius 1 is 1.37 bits per heavy atom. The SMILES string of the molecule is CC1CCOC1C(=O)c1ccc2c(c1)CC(C)(C)O2. The molecule has 1 aromatic rings. The molecule has 2 unspecified atom stereocenters. The molecule has 0 bridgehead atoms. The third-order valence-corrected chi connectivity index (χ3v) is 3.99. The number of benzene rings is 1. The first-order valence-electron chi connectivity index (χ1n) is 6.94. The lowest BCUT2D eigenvalue weighted by Gasteiger charge is -2.16. The van der Waals surface area contributed by atoms with Crippen LogP contribution in [0.1, 0.15) is 43.1 Å². The summed E-state index contributed by atoms with van der Waals surface area (Å²) in [4.78, 5) is 12.5. The Bertz CT molecular complexity index is 519. The standard InChI is InChI=1S/C16H20O3/c1-10-6-7-18-15(10)14(17)11-4-5-13-12(8-11)9-16(2,3)19-13/h4-5,8,10,15H,6-7,9H2,1-3H3. The van der Waals surface area contributed by atoms with E-state index in [1.165, 1.54) is 0 Å². The van der Waals surface area contributed by atoms with E-state index in [1.54, 1.807) is 0 Å². The van der Waals surface area contributed by atoms with Crippen LogP contribution in [0, 0.1) is 5.92 Å². The summed E-state index contributed by atoms with van der Waals surface area (Å²) in [6, 6.07) is 5.74. The molecule has 0 spiro atoms. The second-order valence-electron chi connectivity index (χ2n) is 6.28. The van der Waals surface area contributed by atoms with Crippen LogP contribution in [0.5, 0.6) is 5.75 Å². The van der Waals surface area contributed by atoms with E-state index in [0.717, 1.165) is 29.7 Å². The maximum atomic E-state index is 12.5. The topological polar surface area (TPSA) is 35.5 Å². The van der Waals surface area contributed by atoms with Crippen molar-refractivity contribution in [3.8, 4) is 5.75 Å². The van der Waals surface area contributed by atoms with Crippen LogP contribution in [-0.4, -0.2) is 24.1 Å². The van der Waals surface area contributed by atoms with Gasteiger partial charge in [-0.15, -0.1) is 0 Å². The molecule has 102 valence electrons. The van der Waals surface area contributed by atoms with Crippen molar-refractivity contribution in [1.29, 1.82) is 0 Å². The fourth-order valence-electron chi connectivity index (χ4n) is 2.96. The molecule has 0 aliphatic carbocycles. The van der Waals surface area contributed by atoms with Gasteiger partial charge in [-0.05, 0) is 49.9 Å². The van der Waals surface area contributed by atoms with Crippen LogP contribution in [0.3, 0.4) is 0 Å². The van der Waals surface area contributed by atoms with Crippen molar-refractivity contribution >= 4 is 5.78 Å². The Morgan fingerprint density at radius 2 is 2.16 bits per heavy atom. The average Bonchev–Trinajstić information content (AvgIpc) is 2.88. The van der Waals surface area contributed by atoms with Gasteiger partial charge in [0.25, 0.3) is 0 Å². The third-order valence-electron chi connectivity index (χ3n) is 3.99. The highest BCUT2D eigenvalue weighted by Gasteiger charge is 2.34. The molecule has 0 radical (unpaired) electrons. The molecule has 3 rings (SSSR count). The predicted molar refractivity (Wildman–Crippen MR) is 72.7 cm³/mol. The lowest BCUT2D eigenvalue weighted by molar-refractivity contribution is 0.0579. The van der Waals surface area contributed by atoms with Gasteiger partial charge in [0.15, 0.2) is 5.78 Å². The van der Waals surface area contributed by atoms with Crippen LogP contribution >= 0.6 is 0 Å². The molecule has 2 atom stereocenters. The van der Waals surface area contributed by atoms with Gasteiger partial charge >= 0.3 is 0 Å². The van der Waals surface area contributed by atoms with Gasteiger partial charge in [-0.1, -0.05) is 6.92 Å². The van der Waals surface area contributed by atoms with E-state index in [4.69, 9.17) is 9.47 Å². The molecule has 0 N–H and O–H groups in total. The highest BCUT2D eigenvalue weighted by molar-refractivity contribution is 6.00. The van der Waals surface area contributed by atoms with Gasteiger partial charge in [-0.2, -0.15) is 0 Å². The Hall–Kier alpha value is -1.35. The van der Waals surface area contributed by atoms with Crippen molar-refractivity contribution in [3.05, 3.63) is 29.3 Å². The van der Waals surface area contributed by atoms with Crippen LogP contribution in [0.4, 0.5) is 0 Å². The predicted octanol–water partition coefficient (Wildman–Crippen LogP) is 3.01. The van der Waals surface area contributed by atoms with Crippen molar-refractivity contribution in [2.75, 3.05) is 6.61 Å². The van der Waals surface area contributed by atoms with E-state index in [1.807, 2.05) is 18.2 Å². The number of carbonyl (C=O) groups excluding carboxylic acids is 1. The summed E-state index contributed by atoms with van der Waals surface area (Å²) in [7, 11) is 0.